The van der Waals surface area contributed by atoms with Gasteiger partial charge in [-0.05, 0) is 12.8 Å². The van der Waals surface area contributed by atoms with Gasteiger partial charge in [0.2, 0.25) is 0 Å². The largest absolute Gasteiger partial charge is 0.359 e. The van der Waals surface area contributed by atoms with Crippen LogP contribution in [-0.4, -0.2) is 26.8 Å². The Kier molecular flexibility index (Phi) is 15.2. The maximum atomic E-state index is 10.1. The smallest absolute Gasteiger partial charge is 0.146 e. The number of methoxy groups -OCH3 is 1. The van der Waals surface area contributed by atoms with Crippen molar-refractivity contribution in [1.29, 1.82) is 0 Å². The van der Waals surface area contributed by atoms with Gasteiger partial charge in [0.25, 0.3) is 0 Å². The maximum absolute atomic E-state index is 10.1. The highest BCUT2D eigenvalue weighted by Crippen LogP contribution is 2.10. The molecule has 0 spiro atoms. The molecule has 17 heavy (non-hydrogen) atoms. The summed E-state index contributed by atoms with van der Waals surface area (Å²) < 4.78 is 10.0. The summed E-state index contributed by atoms with van der Waals surface area (Å²) >= 11 is 0. The lowest BCUT2D eigenvalue weighted by Crippen LogP contribution is -1.98. The van der Waals surface area contributed by atoms with E-state index in [-0.39, 0.29) is 0 Å². The average molecular weight is 244 g/mol. The summed E-state index contributed by atoms with van der Waals surface area (Å²) in [7, 11) is 1.65. The van der Waals surface area contributed by atoms with E-state index in [0.717, 1.165) is 32.2 Å². The first kappa shape index (κ1) is 16.6. The molecule has 3 nitrogen and oxygen atoms in total. The number of ether oxygens (including phenoxy) is 2. The van der Waals surface area contributed by atoms with Crippen LogP contribution in [0.4, 0.5) is 0 Å². The lowest BCUT2D eigenvalue weighted by atomic mass is 10.1. The molecule has 0 atom stereocenters. The van der Waals surface area contributed by atoms with E-state index in [2.05, 4.69) is 0 Å². The topological polar surface area (TPSA) is 35.5 Å². The molecule has 0 saturated carbocycles. The fourth-order valence-corrected chi connectivity index (χ4v) is 1.81. The molecule has 0 aliphatic rings. The van der Waals surface area contributed by atoms with E-state index in [4.69, 9.17) is 9.47 Å². The Bertz CT molecular complexity index is 148. The van der Waals surface area contributed by atoms with Gasteiger partial charge >= 0.3 is 0 Å². The summed E-state index contributed by atoms with van der Waals surface area (Å²) in [6.45, 7) is 1.24. The molecule has 0 fully saturated rings. The van der Waals surface area contributed by atoms with E-state index in [0.29, 0.717) is 6.79 Å². The highest BCUT2D eigenvalue weighted by molar-refractivity contribution is 5.48. The predicted molar refractivity (Wildman–Crippen MR) is 70.1 cm³/mol. The number of unbranched alkanes of at least 4 members (excludes halogenated alkanes) is 9. The standard InChI is InChI=1S/C14H28O3/c1-16-14-17-13-11-9-7-5-3-2-4-6-8-10-12-15/h12H,2-11,13-14H2,1H3. The van der Waals surface area contributed by atoms with Crippen molar-refractivity contribution in [2.24, 2.45) is 0 Å². The molecule has 0 amide bonds. The average Bonchev–Trinajstić information content (AvgIpc) is 2.35. The molecule has 0 N–H and O–H groups in total. The first-order valence-electron chi connectivity index (χ1n) is 6.92. The second kappa shape index (κ2) is 15.6. The molecule has 0 bridgehead atoms. The van der Waals surface area contributed by atoms with Crippen molar-refractivity contribution in [1.82, 2.24) is 0 Å². The number of carbonyl (C=O) groups is 1. The molecule has 0 radical (unpaired) electrons. The third-order valence-corrected chi connectivity index (χ3v) is 2.81. The zero-order valence-corrected chi connectivity index (χ0v) is 11.3. The van der Waals surface area contributed by atoms with E-state index in [1.165, 1.54) is 44.9 Å². The Morgan fingerprint density at radius 1 is 0.824 bits per heavy atom. The number of hydrogen-bond acceptors (Lipinski definition) is 3. The van der Waals surface area contributed by atoms with E-state index in [1.54, 1.807) is 7.11 Å². The molecular formula is C14H28O3. The second-order valence-corrected chi connectivity index (χ2v) is 4.45. The number of rotatable bonds is 14. The van der Waals surface area contributed by atoms with Gasteiger partial charge in [0.1, 0.15) is 13.1 Å². The SMILES string of the molecule is COCOCCCCCCCCCCCC=O. The molecule has 0 rings (SSSR count). The number of hydrogen-bond donors (Lipinski definition) is 0. The van der Waals surface area contributed by atoms with Gasteiger partial charge in [0, 0.05) is 20.1 Å². The fraction of sp³-hybridized carbons (Fsp3) is 0.929. The number of carbonyl (C=O) groups excluding carboxylic acids is 1. The summed E-state index contributed by atoms with van der Waals surface area (Å²) in [6.07, 6.45) is 13.0. The van der Waals surface area contributed by atoms with Crippen LogP contribution in [0.5, 0.6) is 0 Å². The lowest BCUT2D eigenvalue weighted by Gasteiger charge is -2.03. The third-order valence-electron chi connectivity index (χ3n) is 2.81. The van der Waals surface area contributed by atoms with Crippen molar-refractivity contribution in [2.45, 2.75) is 64.2 Å². The Morgan fingerprint density at radius 3 is 1.88 bits per heavy atom. The Balaban J connectivity index is 2.87. The van der Waals surface area contributed by atoms with Crippen LogP contribution in [-0.2, 0) is 14.3 Å². The monoisotopic (exact) mass is 244 g/mol. The normalized spacial score (nSPS) is 10.6. The van der Waals surface area contributed by atoms with Crippen LogP contribution >= 0.6 is 0 Å². The first-order chi connectivity index (χ1) is 8.41. The van der Waals surface area contributed by atoms with Gasteiger partial charge in [-0.2, -0.15) is 0 Å². The predicted octanol–water partition coefficient (Wildman–Crippen LogP) is 3.71. The van der Waals surface area contributed by atoms with Crippen molar-refractivity contribution in [3.05, 3.63) is 0 Å². The summed E-state index contributed by atoms with van der Waals surface area (Å²) in [5.74, 6) is 0. The van der Waals surface area contributed by atoms with Crippen molar-refractivity contribution < 1.29 is 14.3 Å². The highest BCUT2D eigenvalue weighted by atomic mass is 16.7. The zero-order chi connectivity index (χ0) is 12.6. The van der Waals surface area contributed by atoms with Crippen LogP contribution in [0.15, 0.2) is 0 Å². The third kappa shape index (κ3) is 15.6. The van der Waals surface area contributed by atoms with Gasteiger partial charge in [-0.1, -0.05) is 44.9 Å². The highest BCUT2D eigenvalue weighted by Gasteiger charge is 1.93. The minimum atomic E-state index is 0.417. The zero-order valence-electron chi connectivity index (χ0n) is 11.3. The second-order valence-electron chi connectivity index (χ2n) is 4.45. The van der Waals surface area contributed by atoms with E-state index >= 15 is 0 Å². The molecular weight excluding hydrogens is 216 g/mol. The molecule has 3 heteroatoms. The summed E-state index contributed by atoms with van der Waals surface area (Å²) in [5, 5.41) is 0. The lowest BCUT2D eigenvalue weighted by molar-refractivity contribution is -0.107. The van der Waals surface area contributed by atoms with Gasteiger partial charge in [-0.15, -0.1) is 0 Å². The van der Waals surface area contributed by atoms with E-state index in [9.17, 15) is 4.79 Å². The molecule has 0 unspecified atom stereocenters. The Labute approximate surface area is 106 Å². The van der Waals surface area contributed by atoms with E-state index in [1.807, 2.05) is 0 Å². The summed E-state index contributed by atoms with van der Waals surface area (Å²) in [5.41, 5.74) is 0. The molecule has 0 aliphatic heterocycles. The Hall–Kier alpha value is -0.410. The molecule has 0 saturated heterocycles. The van der Waals surface area contributed by atoms with Gasteiger partial charge in [0.15, 0.2) is 0 Å². The Morgan fingerprint density at radius 2 is 1.35 bits per heavy atom. The van der Waals surface area contributed by atoms with Crippen molar-refractivity contribution in [3.8, 4) is 0 Å². The van der Waals surface area contributed by atoms with E-state index < -0.39 is 0 Å². The molecule has 0 heterocycles. The molecule has 0 aromatic rings. The van der Waals surface area contributed by atoms with Crippen LogP contribution in [0.1, 0.15) is 64.2 Å². The van der Waals surface area contributed by atoms with Crippen molar-refractivity contribution >= 4 is 6.29 Å². The van der Waals surface area contributed by atoms with Crippen LogP contribution in [0.25, 0.3) is 0 Å². The van der Waals surface area contributed by atoms with Gasteiger partial charge in [-0.25, -0.2) is 0 Å². The van der Waals surface area contributed by atoms with Crippen LogP contribution in [0.3, 0.4) is 0 Å². The quantitative estimate of drug-likeness (QED) is 0.265. The van der Waals surface area contributed by atoms with Crippen LogP contribution < -0.4 is 0 Å². The molecule has 0 aliphatic carbocycles. The molecule has 0 aromatic carbocycles. The van der Waals surface area contributed by atoms with Crippen molar-refractivity contribution in [3.63, 3.8) is 0 Å². The minimum Gasteiger partial charge on any atom is -0.359 e. The van der Waals surface area contributed by atoms with Gasteiger partial charge < -0.3 is 14.3 Å². The molecule has 102 valence electrons. The molecule has 0 aromatic heterocycles. The van der Waals surface area contributed by atoms with Crippen LogP contribution in [0, 0.1) is 0 Å². The number of aldehydes is 1. The first-order valence-corrected chi connectivity index (χ1v) is 6.92. The maximum Gasteiger partial charge on any atom is 0.146 e. The van der Waals surface area contributed by atoms with Crippen molar-refractivity contribution in [2.75, 3.05) is 20.5 Å². The summed E-state index contributed by atoms with van der Waals surface area (Å²) in [4.78, 5) is 10.1. The van der Waals surface area contributed by atoms with Gasteiger partial charge in [0.05, 0.1) is 0 Å². The minimum absolute atomic E-state index is 0.417. The van der Waals surface area contributed by atoms with Crippen LogP contribution in [0.2, 0.25) is 0 Å². The summed E-state index contributed by atoms with van der Waals surface area (Å²) in [6, 6.07) is 0. The van der Waals surface area contributed by atoms with Gasteiger partial charge in [-0.3, -0.25) is 0 Å². The fourth-order valence-electron chi connectivity index (χ4n) is 1.81.